The number of ether oxygens (including phenoxy) is 8. The molecule has 34 nitrogen and oxygen atoms in total. The minimum atomic E-state index is -1.94. The van der Waals surface area contributed by atoms with Crippen molar-refractivity contribution in [3.8, 4) is 0 Å². The average molecular weight is 1220 g/mol. The van der Waals surface area contributed by atoms with Crippen LogP contribution >= 0.6 is 0 Å². The van der Waals surface area contributed by atoms with Gasteiger partial charge in [0.15, 0.2) is 25.2 Å². The van der Waals surface area contributed by atoms with E-state index >= 15 is 0 Å². The molecule has 0 aromatic rings. The van der Waals surface area contributed by atoms with Gasteiger partial charge in [-0.15, -0.1) is 0 Å². The Morgan fingerprint density at radius 3 is 1.31 bits per heavy atom. The van der Waals surface area contributed by atoms with Crippen LogP contribution < -0.4 is 31.9 Å². The number of unbranched alkanes of at least 4 members (excludes halogenated alkanes) is 4. The normalized spacial score (nSPS) is 33.4. The Bertz CT molecular complexity index is 1990. The zero-order valence-electron chi connectivity index (χ0n) is 47.1. The van der Waals surface area contributed by atoms with Gasteiger partial charge in [0.25, 0.3) is 0 Å². The van der Waals surface area contributed by atoms with Gasteiger partial charge in [-0.05, 0) is 32.6 Å². The lowest BCUT2D eigenvalue weighted by Gasteiger charge is -2.46. The van der Waals surface area contributed by atoms with Gasteiger partial charge in [-0.2, -0.15) is 0 Å². The summed E-state index contributed by atoms with van der Waals surface area (Å²) in [6, 6.07) is 0. The largest absolute Gasteiger partial charge is 0.394 e. The van der Waals surface area contributed by atoms with Crippen molar-refractivity contribution >= 4 is 35.4 Å². The summed E-state index contributed by atoms with van der Waals surface area (Å²) in [5.41, 5.74) is 0. The molecular formula is C50H89N7O27. The lowest BCUT2D eigenvalue weighted by Crippen LogP contribution is -2.65. The fraction of sp³-hybridized carbons (Fsp3) is 0.880. The molecular weight excluding hydrogens is 1130 g/mol. The lowest BCUT2D eigenvalue weighted by atomic mass is 9.96. The van der Waals surface area contributed by atoms with Crippen LogP contribution in [0.5, 0.6) is 0 Å². The van der Waals surface area contributed by atoms with Gasteiger partial charge in [-0.25, -0.2) is 0 Å². The highest BCUT2D eigenvalue weighted by molar-refractivity contribution is 5.84. The molecule has 0 radical (unpaired) electrons. The van der Waals surface area contributed by atoms with Gasteiger partial charge < -0.3 is 136 Å². The summed E-state index contributed by atoms with van der Waals surface area (Å²) in [4.78, 5) is 76.6. The predicted octanol–water partition coefficient (Wildman–Crippen LogP) is -10.6. The van der Waals surface area contributed by atoms with E-state index in [2.05, 4.69) is 31.9 Å². The van der Waals surface area contributed by atoms with Gasteiger partial charge >= 0.3 is 0 Å². The second-order valence-electron chi connectivity index (χ2n) is 20.7. The predicted molar refractivity (Wildman–Crippen MR) is 280 cm³/mol. The average Bonchev–Trinajstić information content (AvgIpc) is 3.60. The van der Waals surface area contributed by atoms with Crippen LogP contribution in [0.25, 0.3) is 0 Å². The van der Waals surface area contributed by atoms with Gasteiger partial charge in [-0.1, -0.05) is 12.8 Å². The Kier molecular flexibility index (Phi) is 32.4. The molecule has 19 N–H and O–H groups in total. The van der Waals surface area contributed by atoms with Gasteiger partial charge in [-0.3, -0.25) is 33.7 Å². The molecule has 0 aliphatic carbocycles. The maximum absolute atomic E-state index is 13.0. The summed E-state index contributed by atoms with van der Waals surface area (Å²) >= 11 is 0. The van der Waals surface area contributed by atoms with Gasteiger partial charge in [0.1, 0.15) is 91.6 Å². The first-order chi connectivity index (χ1) is 40.0. The molecule has 486 valence electrons. The van der Waals surface area contributed by atoms with Crippen LogP contribution in [0.1, 0.15) is 64.7 Å². The molecule has 0 spiro atoms. The van der Waals surface area contributed by atoms with Gasteiger partial charge in [0.2, 0.25) is 35.4 Å². The van der Waals surface area contributed by atoms with Crippen LogP contribution in [-0.4, -0.2) is 322 Å². The Labute approximate surface area is 484 Å². The summed E-state index contributed by atoms with van der Waals surface area (Å²) in [6.07, 6.45) is -28.7. The monoisotopic (exact) mass is 1220 g/mol. The smallest absolute Gasteiger partial charge is 0.234 e. The SMILES string of the molecule is CNC(=O)CCNC(=O)CN(CC(=O)NCCCCCC(=O)NCCO[C@@H]1O[C@@H](C)[C@@H](O)[C@@H](O)[C@@H]1O)CC(=O)NCCCCCC(=O)NCCO[C@H]1O[C@H](CO[C@H]2O[C@H](CO)[C@@H](O)[C@H](O)[C@@H]2O)[C@@H](O)[C@H](O[C@H]2O[C@H](CO)[C@@H](O)[C@H](O)[C@@H]2O)[C@@H]1O. The summed E-state index contributed by atoms with van der Waals surface area (Å²) < 4.78 is 44.2. The first-order valence-corrected chi connectivity index (χ1v) is 28.1. The number of amides is 6. The molecule has 4 fully saturated rings. The van der Waals surface area contributed by atoms with Crippen LogP contribution in [0.2, 0.25) is 0 Å². The van der Waals surface area contributed by atoms with Crippen molar-refractivity contribution < 1.29 is 133 Å². The van der Waals surface area contributed by atoms with E-state index in [-0.39, 0.29) is 96.6 Å². The van der Waals surface area contributed by atoms with Crippen molar-refractivity contribution in [2.75, 3.05) is 92.4 Å². The van der Waals surface area contributed by atoms with Crippen LogP contribution in [0.4, 0.5) is 0 Å². The summed E-state index contributed by atoms with van der Waals surface area (Å²) in [6.45, 7) is -1.58. The van der Waals surface area contributed by atoms with Crippen LogP contribution in [0.3, 0.4) is 0 Å². The number of carbonyl (C=O) groups is 6. The van der Waals surface area contributed by atoms with E-state index < -0.39 is 166 Å². The van der Waals surface area contributed by atoms with Gasteiger partial charge in [0.05, 0.1) is 58.8 Å². The van der Waals surface area contributed by atoms with E-state index in [4.69, 9.17) is 37.9 Å². The second-order valence-corrected chi connectivity index (χ2v) is 20.7. The standard InChI is InChI=1S/C50H89N7O27/c1-25-35(66)39(70)42(73)47(80-25)77-17-15-55-30(61)9-5-3-7-12-52-32(63)19-57(21-34(65)54-14-11-29(60)51-2)20-33(64)53-13-8-4-6-10-31(62)56-16-18-78-49-45(76)46(84-50-44(75)41(72)37(68)27(23-59)82-50)38(69)28(83-49)24-79-48-43(74)40(71)36(67)26(22-58)81-48/h25-28,35-50,58-59,66-76H,3-24H2,1-2H3,(H,51,60)(H,52,63)(H,53,64)(H,54,65)(H,55,61)(H,56,62)/t25-,26+,27+,28+,35+,36+,37+,38+,39+,40-,41-,42-,43-,44-,45-,46-,47+,48-,49-,50+/m0/s1. The molecule has 0 aromatic heterocycles. The maximum atomic E-state index is 13.0. The number of aliphatic hydroxyl groups is 13. The summed E-state index contributed by atoms with van der Waals surface area (Å²) in [5, 5.41) is 149. The highest BCUT2D eigenvalue weighted by atomic mass is 16.8. The van der Waals surface area contributed by atoms with E-state index in [1.807, 2.05) is 0 Å². The van der Waals surface area contributed by atoms with E-state index in [1.54, 1.807) is 0 Å². The molecule has 0 unspecified atom stereocenters. The van der Waals surface area contributed by atoms with Crippen LogP contribution in [0, 0.1) is 0 Å². The molecule has 4 aliphatic rings. The Morgan fingerprint density at radius 2 is 0.821 bits per heavy atom. The fourth-order valence-electron chi connectivity index (χ4n) is 9.14. The van der Waals surface area contributed by atoms with E-state index in [0.717, 1.165) is 0 Å². The molecule has 84 heavy (non-hydrogen) atoms. The molecule has 0 saturated carbocycles. The molecule has 0 aromatic carbocycles. The highest BCUT2D eigenvalue weighted by Gasteiger charge is 2.52. The molecule has 6 amide bonds. The molecule has 34 heteroatoms. The van der Waals surface area contributed by atoms with Crippen molar-refractivity contribution in [1.82, 2.24) is 36.8 Å². The first kappa shape index (κ1) is 72.4. The zero-order chi connectivity index (χ0) is 62.0. The maximum Gasteiger partial charge on any atom is 0.234 e. The Morgan fingerprint density at radius 1 is 0.405 bits per heavy atom. The molecule has 4 rings (SSSR count). The first-order valence-electron chi connectivity index (χ1n) is 28.1. The molecule has 4 saturated heterocycles. The van der Waals surface area contributed by atoms with Gasteiger partial charge in [0, 0.05) is 59.0 Å². The van der Waals surface area contributed by atoms with E-state index in [9.17, 15) is 95.2 Å². The Balaban J connectivity index is 1.15. The number of hydrogen-bond acceptors (Lipinski definition) is 28. The number of hydrogen-bond donors (Lipinski definition) is 19. The fourth-order valence-corrected chi connectivity index (χ4v) is 9.14. The number of rotatable bonds is 36. The number of nitrogens with one attached hydrogen (secondary N) is 6. The highest BCUT2D eigenvalue weighted by Crippen LogP contribution is 2.31. The van der Waals surface area contributed by atoms with E-state index in [0.29, 0.717) is 38.5 Å². The lowest BCUT2D eigenvalue weighted by molar-refractivity contribution is -0.366. The molecule has 20 atom stereocenters. The van der Waals surface area contributed by atoms with Crippen LogP contribution in [0.15, 0.2) is 0 Å². The molecule has 0 bridgehead atoms. The third-order valence-electron chi connectivity index (χ3n) is 14.1. The molecule has 4 aliphatic heterocycles. The topological polar surface area (TPSA) is 515 Å². The third kappa shape index (κ3) is 23.2. The third-order valence-corrected chi connectivity index (χ3v) is 14.1. The minimum absolute atomic E-state index is 0.0134. The quantitative estimate of drug-likeness (QED) is 0.0259. The van der Waals surface area contributed by atoms with Crippen molar-refractivity contribution in [3.05, 3.63) is 0 Å². The second kappa shape index (κ2) is 37.6. The number of nitrogens with zero attached hydrogens (tertiary/aromatic N) is 1. The molecule has 4 heterocycles. The van der Waals surface area contributed by atoms with Crippen molar-refractivity contribution in [2.24, 2.45) is 0 Å². The van der Waals surface area contributed by atoms with E-state index in [1.165, 1.54) is 18.9 Å². The van der Waals surface area contributed by atoms with Crippen LogP contribution in [-0.2, 0) is 66.7 Å². The van der Waals surface area contributed by atoms with Crippen molar-refractivity contribution in [1.29, 1.82) is 0 Å². The minimum Gasteiger partial charge on any atom is -0.394 e. The number of carbonyl (C=O) groups excluding carboxylic acids is 6. The summed E-state index contributed by atoms with van der Waals surface area (Å²) in [5.74, 6) is -2.43. The van der Waals surface area contributed by atoms with Crippen molar-refractivity contribution in [2.45, 2.75) is 188 Å². The van der Waals surface area contributed by atoms with Crippen molar-refractivity contribution in [3.63, 3.8) is 0 Å². The Hall–Kier alpha value is -4.06. The summed E-state index contributed by atoms with van der Waals surface area (Å²) in [7, 11) is 1.45. The zero-order valence-corrected chi connectivity index (χ0v) is 47.1. The number of aliphatic hydroxyl groups excluding tert-OH is 13.